The van der Waals surface area contributed by atoms with E-state index < -0.39 is 11.8 Å². The molecule has 0 unspecified atom stereocenters. The molecular formula is C19H14ClF3N4OS. The summed E-state index contributed by atoms with van der Waals surface area (Å²) >= 11 is 7.11. The molecule has 4 aromatic rings. The molecule has 29 heavy (non-hydrogen) atoms. The molecule has 0 bridgehead atoms. The van der Waals surface area contributed by atoms with Gasteiger partial charge in [0.2, 0.25) is 4.96 Å². The largest absolute Gasteiger partial charge is 0.573 e. The summed E-state index contributed by atoms with van der Waals surface area (Å²) in [7, 11) is 0. The van der Waals surface area contributed by atoms with Gasteiger partial charge in [-0.3, -0.25) is 0 Å². The minimum Gasteiger partial charge on any atom is -0.405 e. The molecule has 0 spiro atoms. The highest BCUT2D eigenvalue weighted by Gasteiger charge is 2.33. The van der Waals surface area contributed by atoms with Crippen LogP contribution >= 0.6 is 22.9 Å². The minimum atomic E-state index is -4.79. The first-order valence-corrected chi connectivity index (χ1v) is 9.68. The molecule has 0 fully saturated rings. The number of hydrogen-bond donors (Lipinski definition) is 0. The van der Waals surface area contributed by atoms with Crippen LogP contribution in [0.2, 0.25) is 5.02 Å². The second-order valence-electron chi connectivity index (χ2n) is 6.80. The van der Waals surface area contributed by atoms with E-state index in [1.165, 1.54) is 18.2 Å². The Morgan fingerprint density at radius 3 is 2.38 bits per heavy atom. The summed E-state index contributed by atoms with van der Waals surface area (Å²) in [5.74, 6) is 0.245. The summed E-state index contributed by atoms with van der Waals surface area (Å²) in [5.41, 5.74) is 0.624. The molecule has 0 aliphatic heterocycles. The fraction of sp³-hybridized carbons (Fsp3) is 0.211. The Morgan fingerprint density at radius 1 is 1.00 bits per heavy atom. The average Bonchev–Trinajstić information content (AvgIpc) is 3.21. The van der Waals surface area contributed by atoms with Crippen LogP contribution in [0, 0.1) is 0 Å². The third-order valence-electron chi connectivity index (χ3n) is 4.46. The van der Waals surface area contributed by atoms with Gasteiger partial charge in [-0.2, -0.15) is 9.61 Å². The van der Waals surface area contributed by atoms with Crippen molar-refractivity contribution in [3.05, 3.63) is 64.9 Å². The Balaban J connectivity index is 1.79. The Bertz CT molecular complexity index is 1170. The fourth-order valence-electron chi connectivity index (χ4n) is 2.97. The molecule has 0 N–H and O–H groups in total. The van der Waals surface area contributed by atoms with Gasteiger partial charge in [-0.25, -0.2) is 0 Å². The molecule has 0 radical (unpaired) electrons. The maximum Gasteiger partial charge on any atom is 0.573 e. The molecular weight excluding hydrogens is 425 g/mol. The van der Waals surface area contributed by atoms with Gasteiger partial charge in [0.1, 0.15) is 5.75 Å². The van der Waals surface area contributed by atoms with Crippen molar-refractivity contribution >= 4 is 27.9 Å². The third-order valence-corrected chi connectivity index (χ3v) is 5.64. The number of nitrogens with zero attached hydrogens (tertiary/aromatic N) is 4. The second-order valence-corrected chi connectivity index (χ2v) is 8.19. The van der Waals surface area contributed by atoms with Crippen LogP contribution in [0.15, 0.2) is 48.5 Å². The van der Waals surface area contributed by atoms with Gasteiger partial charge < -0.3 is 4.74 Å². The number of halogens is 4. The molecule has 0 amide bonds. The number of alkyl halides is 3. The Kier molecular flexibility index (Phi) is 4.74. The lowest BCUT2D eigenvalue weighted by Gasteiger charge is -2.22. The summed E-state index contributed by atoms with van der Waals surface area (Å²) in [5, 5.41) is 13.9. The van der Waals surface area contributed by atoms with E-state index in [4.69, 9.17) is 11.6 Å². The van der Waals surface area contributed by atoms with Crippen LogP contribution < -0.4 is 4.74 Å². The summed E-state index contributed by atoms with van der Waals surface area (Å²) in [4.78, 5) is 0.471. The maximum atomic E-state index is 12.7. The Morgan fingerprint density at radius 2 is 1.69 bits per heavy atom. The predicted octanol–water partition coefficient (Wildman–Crippen LogP) is 5.73. The molecule has 0 saturated heterocycles. The van der Waals surface area contributed by atoms with Crippen molar-refractivity contribution in [3.8, 4) is 16.3 Å². The van der Waals surface area contributed by atoms with Crippen molar-refractivity contribution in [2.45, 2.75) is 25.6 Å². The molecule has 5 nitrogen and oxygen atoms in total. The van der Waals surface area contributed by atoms with E-state index in [9.17, 15) is 13.2 Å². The van der Waals surface area contributed by atoms with Gasteiger partial charge in [-0.1, -0.05) is 47.2 Å². The van der Waals surface area contributed by atoms with E-state index in [0.29, 0.717) is 20.8 Å². The summed E-state index contributed by atoms with van der Waals surface area (Å²) in [6.45, 7) is 3.93. The highest BCUT2D eigenvalue weighted by Crippen LogP contribution is 2.37. The lowest BCUT2D eigenvalue weighted by atomic mass is 9.84. The van der Waals surface area contributed by atoms with Crippen LogP contribution in [0.4, 0.5) is 13.2 Å². The maximum absolute atomic E-state index is 12.7. The second kappa shape index (κ2) is 7.00. The zero-order valence-electron chi connectivity index (χ0n) is 15.2. The zero-order valence-corrected chi connectivity index (χ0v) is 16.8. The van der Waals surface area contributed by atoms with Crippen molar-refractivity contribution in [2.75, 3.05) is 0 Å². The van der Waals surface area contributed by atoms with E-state index in [-0.39, 0.29) is 11.3 Å². The zero-order chi connectivity index (χ0) is 20.8. The van der Waals surface area contributed by atoms with Crippen molar-refractivity contribution in [1.29, 1.82) is 0 Å². The first-order chi connectivity index (χ1) is 13.6. The molecule has 0 aliphatic carbocycles. The van der Waals surface area contributed by atoms with Gasteiger partial charge in [-0.15, -0.1) is 23.4 Å². The van der Waals surface area contributed by atoms with Crippen LogP contribution in [0.25, 0.3) is 15.5 Å². The molecule has 0 aliphatic rings. The van der Waals surface area contributed by atoms with E-state index in [0.717, 1.165) is 16.9 Å². The van der Waals surface area contributed by atoms with Gasteiger partial charge in [0, 0.05) is 5.02 Å². The van der Waals surface area contributed by atoms with E-state index in [2.05, 4.69) is 20.0 Å². The molecule has 0 atom stereocenters. The van der Waals surface area contributed by atoms with E-state index >= 15 is 0 Å². The van der Waals surface area contributed by atoms with Crippen molar-refractivity contribution in [1.82, 2.24) is 19.8 Å². The number of para-hydroxylation sites is 1. The SMILES string of the molecule is CC(C)(c1ccc(Cl)cc1)c1nnc2sc(-c3ccccc3OC(F)(F)F)nn12. The monoisotopic (exact) mass is 438 g/mol. The molecule has 2 aromatic heterocycles. The average molecular weight is 439 g/mol. The van der Waals surface area contributed by atoms with Crippen molar-refractivity contribution in [3.63, 3.8) is 0 Å². The molecule has 10 heteroatoms. The quantitative estimate of drug-likeness (QED) is 0.408. The summed E-state index contributed by atoms with van der Waals surface area (Å²) in [6.07, 6.45) is -4.79. The summed E-state index contributed by atoms with van der Waals surface area (Å²) < 4.78 is 43.9. The first-order valence-electron chi connectivity index (χ1n) is 8.49. The van der Waals surface area contributed by atoms with E-state index in [1.54, 1.807) is 22.7 Å². The lowest BCUT2D eigenvalue weighted by molar-refractivity contribution is -0.274. The molecule has 0 saturated carbocycles. The smallest absolute Gasteiger partial charge is 0.405 e. The standard InChI is InChI=1S/C19H14ClF3N4OS/c1-18(2,11-7-9-12(20)10-8-11)16-24-25-17-27(16)26-15(29-17)13-5-3-4-6-14(13)28-19(21,22)23/h3-10H,1-2H3. The molecule has 2 aromatic carbocycles. The normalized spacial score (nSPS) is 12.5. The number of rotatable bonds is 4. The van der Waals surface area contributed by atoms with Crippen molar-refractivity contribution in [2.24, 2.45) is 0 Å². The predicted molar refractivity (Wildman–Crippen MR) is 104 cm³/mol. The van der Waals surface area contributed by atoms with Crippen LogP contribution in [-0.4, -0.2) is 26.2 Å². The highest BCUT2D eigenvalue weighted by atomic mass is 35.5. The van der Waals surface area contributed by atoms with E-state index in [1.807, 2.05) is 26.0 Å². The lowest BCUT2D eigenvalue weighted by Crippen LogP contribution is -2.23. The van der Waals surface area contributed by atoms with Gasteiger partial charge in [-0.05, 0) is 43.7 Å². The highest BCUT2D eigenvalue weighted by molar-refractivity contribution is 7.19. The van der Waals surface area contributed by atoms with Gasteiger partial charge >= 0.3 is 6.36 Å². The van der Waals surface area contributed by atoms with Gasteiger partial charge in [0.25, 0.3) is 0 Å². The Labute approximate surface area is 172 Å². The minimum absolute atomic E-state index is 0.232. The number of ether oxygens (including phenoxy) is 1. The third kappa shape index (κ3) is 3.79. The number of aromatic nitrogens is 4. The topological polar surface area (TPSA) is 52.3 Å². The number of hydrogen-bond acceptors (Lipinski definition) is 5. The van der Waals surface area contributed by atoms with Crippen LogP contribution in [0.5, 0.6) is 5.75 Å². The summed E-state index contributed by atoms with van der Waals surface area (Å²) in [6, 6.07) is 13.2. The van der Waals surface area contributed by atoms with Gasteiger partial charge in [0.05, 0.1) is 11.0 Å². The van der Waals surface area contributed by atoms with Gasteiger partial charge in [0.15, 0.2) is 10.8 Å². The molecule has 2 heterocycles. The fourth-order valence-corrected chi connectivity index (χ4v) is 3.96. The number of fused-ring (bicyclic) bond motifs is 1. The van der Waals surface area contributed by atoms with Crippen LogP contribution in [0.3, 0.4) is 0 Å². The van der Waals surface area contributed by atoms with Crippen LogP contribution in [0.1, 0.15) is 25.2 Å². The number of benzene rings is 2. The van der Waals surface area contributed by atoms with Crippen molar-refractivity contribution < 1.29 is 17.9 Å². The first kappa shape index (κ1) is 19.7. The Hall–Kier alpha value is -2.65. The van der Waals surface area contributed by atoms with Crippen LogP contribution in [-0.2, 0) is 5.41 Å². The molecule has 4 rings (SSSR count). The molecule has 150 valence electrons.